The van der Waals surface area contributed by atoms with Gasteiger partial charge in [-0.05, 0) is 12.1 Å². The van der Waals surface area contributed by atoms with Crippen molar-refractivity contribution in [2.45, 2.75) is 19.9 Å². The van der Waals surface area contributed by atoms with E-state index >= 15 is 0 Å². The molecule has 0 bridgehead atoms. The zero-order valence-electron chi connectivity index (χ0n) is 11.4. The van der Waals surface area contributed by atoms with Crippen molar-refractivity contribution in [3.8, 4) is 6.07 Å². The lowest BCUT2D eigenvalue weighted by atomic mass is 10.0. The number of fused-ring (bicyclic) bond motifs is 1. The average Bonchev–Trinajstić information content (AvgIpc) is 2.43. The molecule has 19 heavy (non-hydrogen) atoms. The molecule has 2 N–H and O–H groups in total. The lowest BCUT2D eigenvalue weighted by molar-refractivity contribution is 0.602. The summed E-state index contributed by atoms with van der Waals surface area (Å²) in [6, 6.07) is 14.6. The molecule has 0 unspecified atom stereocenters. The largest absolute Gasteiger partial charge is 0.383 e. The number of benzene rings is 2. The normalized spacial score (nSPS) is 10.6. The predicted molar refractivity (Wildman–Crippen MR) is 80.3 cm³/mol. The fourth-order valence-electron chi connectivity index (χ4n) is 2.11. The molecule has 0 aliphatic heterocycles. The highest BCUT2D eigenvalue weighted by atomic mass is 15.0. The summed E-state index contributed by atoms with van der Waals surface area (Å²) in [5, 5.41) is 18.0. The van der Waals surface area contributed by atoms with E-state index in [9.17, 15) is 0 Å². The highest BCUT2D eigenvalue weighted by Crippen LogP contribution is 2.25. The number of hydrogen-bond donors (Lipinski definition) is 2. The number of rotatable bonds is 5. The lowest BCUT2D eigenvalue weighted by Crippen LogP contribution is -2.28. The minimum Gasteiger partial charge on any atom is -0.383 e. The van der Waals surface area contributed by atoms with Gasteiger partial charge in [0.25, 0.3) is 0 Å². The molecule has 0 amide bonds. The van der Waals surface area contributed by atoms with Crippen molar-refractivity contribution in [1.82, 2.24) is 5.32 Å². The van der Waals surface area contributed by atoms with E-state index in [1.54, 1.807) is 0 Å². The summed E-state index contributed by atoms with van der Waals surface area (Å²) in [6.45, 7) is 6.06. The van der Waals surface area contributed by atoms with Gasteiger partial charge in [0.15, 0.2) is 0 Å². The maximum atomic E-state index is 9.12. The molecule has 0 spiro atoms. The Morgan fingerprint density at radius 3 is 2.47 bits per heavy atom. The van der Waals surface area contributed by atoms with Crippen molar-refractivity contribution < 1.29 is 0 Å². The first-order valence-corrected chi connectivity index (χ1v) is 6.61. The Labute approximate surface area is 114 Å². The zero-order chi connectivity index (χ0) is 13.7. The van der Waals surface area contributed by atoms with Gasteiger partial charge in [-0.15, -0.1) is 0 Å². The van der Waals surface area contributed by atoms with E-state index in [0.29, 0.717) is 6.04 Å². The number of nitrogens with zero attached hydrogens (tertiary/aromatic N) is 1. The molecule has 2 aromatic carbocycles. The highest BCUT2D eigenvalue weighted by molar-refractivity contribution is 5.97. The summed E-state index contributed by atoms with van der Waals surface area (Å²) < 4.78 is 0. The Bertz CT molecular complexity index is 596. The first kappa shape index (κ1) is 13.4. The Morgan fingerprint density at radius 2 is 1.79 bits per heavy atom. The standard InChI is InChI=1S/C16H19N3/c1-12(2)18-9-10-19-16-8-7-13(11-17)14-5-3-4-6-15(14)16/h3-8,12,18-19H,9-10H2,1-2H3. The molecule has 98 valence electrons. The third kappa shape index (κ3) is 3.24. The number of nitrogens with one attached hydrogen (secondary N) is 2. The highest BCUT2D eigenvalue weighted by Gasteiger charge is 2.04. The minimum atomic E-state index is 0.500. The third-order valence-electron chi connectivity index (χ3n) is 3.04. The van der Waals surface area contributed by atoms with Gasteiger partial charge in [0.2, 0.25) is 0 Å². The second kappa shape index (κ2) is 6.21. The van der Waals surface area contributed by atoms with Crippen LogP contribution in [0.15, 0.2) is 36.4 Å². The number of hydrogen-bond acceptors (Lipinski definition) is 3. The van der Waals surface area contributed by atoms with Crippen LogP contribution < -0.4 is 10.6 Å². The van der Waals surface area contributed by atoms with Gasteiger partial charge in [-0.2, -0.15) is 5.26 Å². The van der Waals surface area contributed by atoms with Crippen LogP contribution in [0.1, 0.15) is 19.4 Å². The minimum absolute atomic E-state index is 0.500. The second-order valence-corrected chi connectivity index (χ2v) is 4.85. The van der Waals surface area contributed by atoms with Gasteiger partial charge < -0.3 is 10.6 Å². The molecule has 2 rings (SSSR count). The fraction of sp³-hybridized carbons (Fsp3) is 0.312. The Morgan fingerprint density at radius 1 is 1.05 bits per heavy atom. The summed E-state index contributed by atoms with van der Waals surface area (Å²) in [6.07, 6.45) is 0. The first-order chi connectivity index (χ1) is 9.22. The predicted octanol–water partition coefficient (Wildman–Crippen LogP) is 3.12. The molecule has 0 aromatic heterocycles. The summed E-state index contributed by atoms with van der Waals surface area (Å²) >= 11 is 0. The summed E-state index contributed by atoms with van der Waals surface area (Å²) in [7, 11) is 0. The van der Waals surface area contributed by atoms with E-state index in [4.69, 9.17) is 5.26 Å². The van der Waals surface area contributed by atoms with Crippen molar-refractivity contribution in [3.63, 3.8) is 0 Å². The first-order valence-electron chi connectivity index (χ1n) is 6.61. The van der Waals surface area contributed by atoms with Crippen molar-refractivity contribution in [3.05, 3.63) is 42.0 Å². The quantitative estimate of drug-likeness (QED) is 0.805. The van der Waals surface area contributed by atoms with Crippen LogP contribution in [-0.2, 0) is 0 Å². The van der Waals surface area contributed by atoms with Crippen LogP contribution in [0.5, 0.6) is 0 Å². The lowest BCUT2D eigenvalue weighted by Gasteiger charge is -2.12. The molecule has 0 aliphatic rings. The molecule has 0 fully saturated rings. The summed E-state index contributed by atoms with van der Waals surface area (Å²) in [5.74, 6) is 0. The van der Waals surface area contributed by atoms with E-state index in [0.717, 1.165) is 35.1 Å². The van der Waals surface area contributed by atoms with Gasteiger partial charge in [-0.1, -0.05) is 38.1 Å². The van der Waals surface area contributed by atoms with E-state index in [2.05, 4.69) is 30.6 Å². The fourth-order valence-corrected chi connectivity index (χ4v) is 2.11. The van der Waals surface area contributed by atoms with Crippen LogP contribution in [0.4, 0.5) is 5.69 Å². The molecule has 0 heterocycles. The Balaban J connectivity index is 2.18. The second-order valence-electron chi connectivity index (χ2n) is 4.85. The molecular weight excluding hydrogens is 234 g/mol. The van der Waals surface area contributed by atoms with Crippen LogP contribution >= 0.6 is 0 Å². The average molecular weight is 253 g/mol. The topological polar surface area (TPSA) is 47.8 Å². The zero-order valence-corrected chi connectivity index (χ0v) is 11.4. The van der Waals surface area contributed by atoms with Crippen LogP contribution in [0.25, 0.3) is 10.8 Å². The van der Waals surface area contributed by atoms with Gasteiger partial charge in [0.1, 0.15) is 0 Å². The smallest absolute Gasteiger partial charge is 0.0998 e. The SMILES string of the molecule is CC(C)NCCNc1ccc(C#N)c2ccccc12. The molecule has 0 aliphatic carbocycles. The monoisotopic (exact) mass is 253 g/mol. The van der Waals surface area contributed by atoms with E-state index in [1.165, 1.54) is 0 Å². The van der Waals surface area contributed by atoms with Crippen LogP contribution in [0.3, 0.4) is 0 Å². The molecule has 0 saturated carbocycles. The van der Waals surface area contributed by atoms with Crippen LogP contribution in [-0.4, -0.2) is 19.1 Å². The van der Waals surface area contributed by atoms with Gasteiger partial charge >= 0.3 is 0 Å². The summed E-state index contributed by atoms with van der Waals surface area (Å²) in [5.41, 5.74) is 1.81. The van der Waals surface area contributed by atoms with Crippen molar-refractivity contribution in [2.75, 3.05) is 18.4 Å². The summed E-state index contributed by atoms with van der Waals surface area (Å²) in [4.78, 5) is 0. The van der Waals surface area contributed by atoms with Crippen LogP contribution in [0.2, 0.25) is 0 Å². The molecule has 3 nitrogen and oxygen atoms in total. The maximum Gasteiger partial charge on any atom is 0.0998 e. The number of nitriles is 1. The van der Waals surface area contributed by atoms with Crippen LogP contribution in [0, 0.1) is 11.3 Å². The Hall–Kier alpha value is -2.05. The van der Waals surface area contributed by atoms with Gasteiger partial charge in [0.05, 0.1) is 11.6 Å². The molecule has 2 aromatic rings. The van der Waals surface area contributed by atoms with Gasteiger partial charge in [0, 0.05) is 35.6 Å². The van der Waals surface area contributed by atoms with E-state index in [1.807, 2.05) is 36.4 Å². The molecule has 3 heteroatoms. The molecular formula is C16H19N3. The van der Waals surface area contributed by atoms with Crippen molar-refractivity contribution in [2.24, 2.45) is 0 Å². The maximum absolute atomic E-state index is 9.12. The van der Waals surface area contributed by atoms with Crippen molar-refractivity contribution in [1.29, 1.82) is 5.26 Å². The number of anilines is 1. The Kier molecular flexibility index (Phi) is 4.38. The van der Waals surface area contributed by atoms with Gasteiger partial charge in [-0.3, -0.25) is 0 Å². The van der Waals surface area contributed by atoms with Gasteiger partial charge in [-0.25, -0.2) is 0 Å². The molecule has 0 atom stereocenters. The molecule has 0 radical (unpaired) electrons. The van der Waals surface area contributed by atoms with Crippen molar-refractivity contribution >= 4 is 16.5 Å². The van der Waals surface area contributed by atoms with E-state index < -0.39 is 0 Å². The molecule has 0 saturated heterocycles. The van der Waals surface area contributed by atoms with E-state index in [-0.39, 0.29) is 0 Å². The third-order valence-corrected chi connectivity index (χ3v) is 3.04.